The van der Waals surface area contributed by atoms with Gasteiger partial charge in [-0.05, 0) is 22.8 Å². The molecule has 0 spiro atoms. The Morgan fingerprint density at radius 3 is 1.54 bits per heavy atom. The average molecular weight is 509 g/mol. The zero-order chi connectivity index (χ0) is 25.9. The molecular weight excluding hydrogens is 483 g/mol. The maximum Gasteiger partial charge on any atom is 0.342 e. The summed E-state index contributed by atoms with van der Waals surface area (Å²) >= 11 is 0. The maximum atomic E-state index is 13.8. The minimum Gasteiger partial charge on any atom is -0.465 e. The fourth-order valence-electron chi connectivity index (χ4n) is 4.75. The zero-order valence-electron chi connectivity index (χ0n) is 20.2. The molecular formula is C31H25O5P. The first kappa shape index (κ1) is 24.5. The van der Waals surface area contributed by atoms with Gasteiger partial charge in [0.1, 0.15) is 11.1 Å². The SMILES string of the molecule is COC(=O)C(C1(O)OC(c2ccccc2)=CC1=O)=P(c1ccccc1)(c1ccccc1)c1ccccc1. The smallest absolute Gasteiger partial charge is 0.342 e. The quantitative estimate of drug-likeness (QED) is 0.318. The standard InChI is InChI=1S/C31H25O5P/c1-35-30(33)29(31(34)28(32)22-27(36-31)23-14-6-2-7-15-23)37(24-16-8-3-9-17-24,25-18-10-4-11-19-25)26-20-12-5-13-21-26/h2-22,34H,1H3. The molecule has 4 aromatic carbocycles. The minimum absolute atomic E-state index is 0.140. The molecule has 37 heavy (non-hydrogen) atoms. The monoisotopic (exact) mass is 508 g/mol. The lowest BCUT2D eigenvalue weighted by Gasteiger charge is -2.36. The highest BCUT2D eigenvalue weighted by molar-refractivity contribution is 7.96. The average Bonchev–Trinajstić information content (AvgIpc) is 3.27. The predicted octanol–water partition coefficient (Wildman–Crippen LogP) is 3.65. The highest BCUT2D eigenvalue weighted by atomic mass is 31.2. The van der Waals surface area contributed by atoms with Gasteiger partial charge in [-0.15, -0.1) is 0 Å². The fraction of sp³-hybridized carbons (Fsp3) is 0.0645. The summed E-state index contributed by atoms with van der Waals surface area (Å²) in [6, 6.07) is 37.3. The lowest BCUT2D eigenvalue weighted by Crippen LogP contribution is -2.52. The number of carbonyl (C=O) groups is 2. The molecule has 1 unspecified atom stereocenters. The van der Waals surface area contributed by atoms with E-state index in [1.165, 1.54) is 13.2 Å². The Morgan fingerprint density at radius 1 is 0.730 bits per heavy atom. The predicted molar refractivity (Wildman–Crippen MR) is 148 cm³/mol. The van der Waals surface area contributed by atoms with Crippen molar-refractivity contribution < 1.29 is 24.2 Å². The van der Waals surface area contributed by atoms with Crippen LogP contribution in [-0.2, 0) is 19.1 Å². The van der Waals surface area contributed by atoms with E-state index in [9.17, 15) is 14.7 Å². The lowest BCUT2D eigenvalue weighted by atomic mass is 10.1. The molecule has 5 nitrogen and oxygen atoms in total. The maximum absolute atomic E-state index is 13.8. The second kappa shape index (κ2) is 10.1. The highest BCUT2D eigenvalue weighted by Gasteiger charge is 2.55. The molecule has 0 saturated heterocycles. The van der Waals surface area contributed by atoms with Crippen molar-refractivity contribution in [3.63, 3.8) is 0 Å². The molecule has 6 heteroatoms. The van der Waals surface area contributed by atoms with Gasteiger partial charge in [-0.25, -0.2) is 4.79 Å². The van der Waals surface area contributed by atoms with Crippen LogP contribution in [0.1, 0.15) is 5.56 Å². The Morgan fingerprint density at radius 2 is 1.14 bits per heavy atom. The molecule has 184 valence electrons. The Bertz CT molecular complexity index is 1410. The van der Waals surface area contributed by atoms with Gasteiger partial charge < -0.3 is 14.6 Å². The van der Waals surface area contributed by atoms with Crippen LogP contribution < -0.4 is 15.9 Å². The molecule has 1 aliphatic heterocycles. The van der Waals surface area contributed by atoms with Gasteiger partial charge in [-0.3, -0.25) is 4.79 Å². The first-order chi connectivity index (χ1) is 18.0. The van der Waals surface area contributed by atoms with Crippen LogP contribution in [0.15, 0.2) is 127 Å². The molecule has 0 saturated carbocycles. The van der Waals surface area contributed by atoms with Crippen molar-refractivity contribution in [2.24, 2.45) is 0 Å². The third kappa shape index (κ3) is 4.13. The largest absolute Gasteiger partial charge is 0.465 e. The van der Waals surface area contributed by atoms with Crippen molar-refractivity contribution in [3.8, 4) is 0 Å². The summed E-state index contributed by atoms with van der Waals surface area (Å²) in [6.07, 6.45) is 1.24. The molecule has 4 aromatic rings. The molecule has 1 aliphatic rings. The third-order valence-electron chi connectivity index (χ3n) is 6.38. The van der Waals surface area contributed by atoms with Gasteiger partial charge in [0.2, 0.25) is 5.78 Å². The Kier molecular flexibility index (Phi) is 6.66. The summed E-state index contributed by atoms with van der Waals surface area (Å²) < 4.78 is 11.3. The zero-order valence-corrected chi connectivity index (χ0v) is 21.0. The summed E-state index contributed by atoms with van der Waals surface area (Å²) in [7, 11) is 1.24. The number of esters is 1. The number of hydrogen-bond donors (Lipinski definition) is 1. The summed E-state index contributed by atoms with van der Waals surface area (Å²) in [6.45, 7) is -3.19. The highest BCUT2D eigenvalue weighted by Crippen LogP contribution is 2.50. The topological polar surface area (TPSA) is 72.8 Å². The van der Waals surface area contributed by atoms with E-state index < -0.39 is 24.4 Å². The van der Waals surface area contributed by atoms with E-state index in [1.807, 2.05) is 109 Å². The minimum atomic E-state index is -3.19. The van der Waals surface area contributed by atoms with Crippen LogP contribution in [0.4, 0.5) is 0 Å². The Balaban J connectivity index is 1.94. The molecule has 0 aromatic heterocycles. The van der Waals surface area contributed by atoms with E-state index in [-0.39, 0.29) is 11.1 Å². The van der Waals surface area contributed by atoms with E-state index in [4.69, 9.17) is 9.47 Å². The van der Waals surface area contributed by atoms with E-state index in [2.05, 4.69) is 0 Å². The van der Waals surface area contributed by atoms with Crippen molar-refractivity contribution in [3.05, 3.63) is 133 Å². The first-order valence-corrected chi connectivity index (χ1v) is 13.6. The summed E-state index contributed by atoms with van der Waals surface area (Å²) in [5.41, 5.74) is 0.610. The number of ether oxygens (including phenoxy) is 2. The van der Waals surface area contributed by atoms with Crippen molar-refractivity contribution in [2.75, 3.05) is 7.11 Å². The van der Waals surface area contributed by atoms with E-state index in [0.717, 1.165) is 15.9 Å². The second-order valence-corrected chi connectivity index (χ2v) is 11.8. The van der Waals surface area contributed by atoms with Gasteiger partial charge in [-0.1, -0.05) is 121 Å². The van der Waals surface area contributed by atoms with Crippen molar-refractivity contribution in [1.29, 1.82) is 0 Å². The Hall–Kier alpha value is -4.18. The molecule has 0 aliphatic carbocycles. The molecule has 1 N–H and O–H groups in total. The van der Waals surface area contributed by atoms with Crippen LogP contribution in [0, 0.1) is 0 Å². The van der Waals surface area contributed by atoms with E-state index in [0.29, 0.717) is 5.56 Å². The van der Waals surface area contributed by atoms with Gasteiger partial charge in [0.05, 0.1) is 7.11 Å². The van der Waals surface area contributed by atoms with Gasteiger partial charge in [-0.2, -0.15) is 0 Å². The number of hydrogen-bond acceptors (Lipinski definition) is 5. The first-order valence-electron chi connectivity index (χ1n) is 11.8. The number of ketones is 1. The van der Waals surface area contributed by atoms with Gasteiger partial charge in [0.25, 0.3) is 0 Å². The molecule has 0 fully saturated rings. The molecule has 0 bridgehead atoms. The van der Waals surface area contributed by atoms with Crippen molar-refractivity contribution in [1.82, 2.24) is 0 Å². The number of rotatable bonds is 6. The summed E-state index contributed by atoms with van der Waals surface area (Å²) in [4.78, 5) is 27.4. The normalized spacial score (nSPS) is 17.0. The van der Waals surface area contributed by atoms with Crippen LogP contribution in [0.3, 0.4) is 0 Å². The number of carbonyl (C=O) groups excluding carboxylic acids is 2. The Labute approximate surface area is 215 Å². The van der Waals surface area contributed by atoms with Crippen LogP contribution in [0.5, 0.6) is 0 Å². The number of benzene rings is 4. The van der Waals surface area contributed by atoms with Crippen LogP contribution >= 0.6 is 6.89 Å². The van der Waals surface area contributed by atoms with Crippen molar-refractivity contribution in [2.45, 2.75) is 5.79 Å². The van der Waals surface area contributed by atoms with E-state index in [1.54, 1.807) is 12.1 Å². The molecule has 5 rings (SSSR count). The number of aliphatic hydroxyl groups is 1. The third-order valence-corrected chi connectivity index (χ3v) is 10.8. The molecule has 0 amide bonds. The van der Waals surface area contributed by atoms with Crippen molar-refractivity contribution >= 4 is 45.6 Å². The molecule has 1 heterocycles. The van der Waals surface area contributed by atoms with E-state index >= 15 is 0 Å². The fourth-order valence-corrected chi connectivity index (χ4v) is 9.26. The lowest BCUT2D eigenvalue weighted by molar-refractivity contribution is -0.152. The van der Waals surface area contributed by atoms with Gasteiger partial charge >= 0.3 is 11.8 Å². The van der Waals surface area contributed by atoms with Crippen LogP contribution in [0.25, 0.3) is 5.76 Å². The van der Waals surface area contributed by atoms with Gasteiger partial charge in [0, 0.05) is 11.6 Å². The summed E-state index contributed by atoms with van der Waals surface area (Å²) in [5, 5.41) is 14.3. The second-order valence-electron chi connectivity index (χ2n) is 8.50. The van der Waals surface area contributed by atoms with Gasteiger partial charge in [0.15, 0.2) is 0 Å². The van der Waals surface area contributed by atoms with Crippen LogP contribution in [-0.4, -0.2) is 35.0 Å². The molecule has 1 atom stereocenters. The van der Waals surface area contributed by atoms with Crippen LogP contribution in [0.2, 0.25) is 0 Å². The summed E-state index contributed by atoms with van der Waals surface area (Å²) in [5.74, 6) is -3.95. The number of methoxy groups -OCH3 is 1. The molecule has 0 radical (unpaired) electrons.